The van der Waals surface area contributed by atoms with E-state index in [4.69, 9.17) is 10.5 Å². The molecule has 6 nitrogen and oxygen atoms in total. The second kappa shape index (κ2) is 7.50. The van der Waals surface area contributed by atoms with Crippen LogP contribution in [0.1, 0.15) is 12.6 Å². The maximum Gasteiger partial charge on any atom is 0.258 e. The topological polar surface area (TPSA) is 82.0 Å². The first-order valence-electron chi connectivity index (χ1n) is 7.31. The van der Waals surface area contributed by atoms with E-state index in [1.54, 1.807) is 6.20 Å². The lowest BCUT2D eigenvalue weighted by molar-refractivity contribution is 0.340. The number of fused-ring (bicyclic) bond motifs is 1. The number of aromatic nitrogens is 2. The Bertz CT molecular complexity index is 916. The molecule has 0 saturated heterocycles. The number of nitrogens with zero attached hydrogens (tertiary/aromatic N) is 3. The standard InChI is InChI=1S/C16H16N4O2S2/c1-2-22-13-5-3-11(4-6-13)18-15(17)24-10-12-9-14(21)20-7-8-23-16(20)19-12/h3-9H,2,10H2,1H3,(H2,17,18). The molecule has 0 saturated carbocycles. The Morgan fingerprint density at radius 3 is 2.96 bits per heavy atom. The molecule has 0 atom stereocenters. The van der Waals surface area contributed by atoms with Gasteiger partial charge in [0.1, 0.15) is 5.75 Å². The molecule has 0 radical (unpaired) electrons. The summed E-state index contributed by atoms with van der Waals surface area (Å²) in [6.45, 7) is 2.57. The fourth-order valence-corrected chi connectivity index (χ4v) is 3.40. The zero-order valence-electron chi connectivity index (χ0n) is 13.0. The van der Waals surface area contributed by atoms with Gasteiger partial charge in [-0.25, -0.2) is 9.98 Å². The normalized spacial score (nSPS) is 11.8. The van der Waals surface area contributed by atoms with Crippen molar-refractivity contribution in [1.29, 1.82) is 0 Å². The van der Waals surface area contributed by atoms with Gasteiger partial charge >= 0.3 is 0 Å². The highest BCUT2D eigenvalue weighted by Crippen LogP contribution is 2.20. The van der Waals surface area contributed by atoms with Crippen molar-refractivity contribution in [2.24, 2.45) is 10.7 Å². The average molecular weight is 360 g/mol. The molecule has 3 aromatic rings. The van der Waals surface area contributed by atoms with Crippen LogP contribution in [0.25, 0.3) is 4.96 Å². The van der Waals surface area contributed by atoms with Crippen LogP contribution >= 0.6 is 23.1 Å². The van der Waals surface area contributed by atoms with E-state index in [-0.39, 0.29) is 5.56 Å². The molecule has 0 spiro atoms. The average Bonchev–Trinajstić information content (AvgIpc) is 3.04. The largest absolute Gasteiger partial charge is 0.494 e. The van der Waals surface area contributed by atoms with E-state index < -0.39 is 0 Å². The summed E-state index contributed by atoms with van der Waals surface area (Å²) in [5.74, 6) is 1.30. The van der Waals surface area contributed by atoms with Crippen molar-refractivity contribution in [3.63, 3.8) is 0 Å². The van der Waals surface area contributed by atoms with E-state index in [0.29, 0.717) is 28.2 Å². The van der Waals surface area contributed by atoms with E-state index in [1.807, 2.05) is 36.6 Å². The minimum absolute atomic E-state index is 0.0844. The summed E-state index contributed by atoms with van der Waals surface area (Å²) in [5, 5.41) is 2.26. The van der Waals surface area contributed by atoms with Crippen LogP contribution < -0.4 is 16.0 Å². The van der Waals surface area contributed by atoms with Crippen molar-refractivity contribution in [3.05, 3.63) is 58.0 Å². The Morgan fingerprint density at radius 1 is 1.42 bits per heavy atom. The Hall–Kier alpha value is -2.32. The maximum atomic E-state index is 11.9. The monoisotopic (exact) mass is 360 g/mol. The molecule has 24 heavy (non-hydrogen) atoms. The van der Waals surface area contributed by atoms with Crippen LogP contribution in [0.2, 0.25) is 0 Å². The van der Waals surface area contributed by atoms with Crippen molar-refractivity contribution >= 4 is 38.9 Å². The van der Waals surface area contributed by atoms with E-state index in [1.165, 1.54) is 33.6 Å². The molecule has 1 aromatic carbocycles. The van der Waals surface area contributed by atoms with Crippen LogP contribution in [0.3, 0.4) is 0 Å². The second-order valence-corrected chi connectivity index (χ2v) is 6.68. The highest BCUT2D eigenvalue weighted by atomic mass is 32.2. The molecule has 2 N–H and O–H groups in total. The van der Waals surface area contributed by atoms with Crippen LogP contribution in [0, 0.1) is 0 Å². The van der Waals surface area contributed by atoms with Crippen LogP contribution in [0.5, 0.6) is 5.75 Å². The fraction of sp³-hybridized carbons (Fsp3) is 0.188. The molecule has 0 aliphatic heterocycles. The number of ether oxygens (including phenoxy) is 1. The Kier molecular flexibility index (Phi) is 5.17. The second-order valence-electron chi connectivity index (χ2n) is 4.81. The predicted molar refractivity (Wildman–Crippen MR) is 99.5 cm³/mol. The molecule has 0 fully saturated rings. The van der Waals surface area contributed by atoms with Gasteiger partial charge in [-0.1, -0.05) is 11.8 Å². The number of nitrogens with two attached hydrogens (primary N) is 1. The van der Waals surface area contributed by atoms with Gasteiger partial charge in [0.15, 0.2) is 10.1 Å². The molecule has 3 rings (SSSR count). The van der Waals surface area contributed by atoms with Crippen molar-refractivity contribution in [2.75, 3.05) is 6.61 Å². The van der Waals surface area contributed by atoms with Crippen LogP contribution in [-0.4, -0.2) is 21.2 Å². The molecule has 8 heteroatoms. The zero-order valence-corrected chi connectivity index (χ0v) is 14.6. The van der Waals surface area contributed by atoms with Gasteiger partial charge in [-0.3, -0.25) is 9.20 Å². The molecule has 124 valence electrons. The lowest BCUT2D eigenvalue weighted by Crippen LogP contribution is -2.13. The first kappa shape index (κ1) is 16.5. The number of thioether (sulfide) groups is 1. The summed E-state index contributed by atoms with van der Waals surface area (Å²) in [5.41, 5.74) is 7.32. The molecular formula is C16H16N4O2S2. The highest BCUT2D eigenvalue weighted by Gasteiger charge is 2.05. The Labute approximate surface area is 147 Å². The lowest BCUT2D eigenvalue weighted by atomic mass is 10.3. The SMILES string of the molecule is CCOc1ccc(N=C(N)SCc2cc(=O)n3ccsc3n2)cc1. The fourth-order valence-electron chi connectivity index (χ4n) is 2.05. The molecule has 0 amide bonds. The van der Waals surface area contributed by atoms with Gasteiger partial charge in [-0.05, 0) is 31.2 Å². The molecule has 0 unspecified atom stereocenters. The van der Waals surface area contributed by atoms with E-state index >= 15 is 0 Å². The molecule has 2 aromatic heterocycles. The summed E-state index contributed by atoms with van der Waals surface area (Å²) in [4.78, 5) is 21.4. The van der Waals surface area contributed by atoms with Crippen molar-refractivity contribution in [1.82, 2.24) is 9.38 Å². The number of benzene rings is 1. The minimum Gasteiger partial charge on any atom is -0.494 e. The van der Waals surface area contributed by atoms with Crippen LogP contribution in [0.15, 0.2) is 51.7 Å². The van der Waals surface area contributed by atoms with E-state index in [9.17, 15) is 4.79 Å². The summed E-state index contributed by atoms with van der Waals surface area (Å²) in [6, 6.07) is 8.93. The summed E-state index contributed by atoms with van der Waals surface area (Å²) in [7, 11) is 0. The molecule has 0 bridgehead atoms. The van der Waals surface area contributed by atoms with Crippen molar-refractivity contribution in [2.45, 2.75) is 12.7 Å². The minimum atomic E-state index is -0.0844. The molecular weight excluding hydrogens is 344 g/mol. The third-order valence-corrected chi connectivity index (χ3v) is 4.69. The molecule has 0 aliphatic carbocycles. The maximum absolute atomic E-state index is 11.9. The van der Waals surface area contributed by atoms with E-state index in [0.717, 1.165) is 11.4 Å². The third-order valence-electron chi connectivity index (χ3n) is 3.11. The predicted octanol–water partition coefficient (Wildman–Crippen LogP) is 3.03. The van der Waals surface area contributed by atoms with Gasteiger partial charge in [0.2, 0.25) is 0 Å². The third kappa shape index (κ3) is 3.95. The highest BCUT2D eigenvalue weighted by molar-refractivity contribution is 8.13. The summed E-state index contributed by atoms with van der Waals surface area (Å²) >= 11 is 2.78. The Morgan fingerprint density at radius 2 is 2.21 bits per heavy atom. The van der Waals surface area contributed by atoms with Crippen LogP contribution in [0.4, 0.5) is 5.69 Å². The number of hydrogen-bond acceptors (Lipinski definition) is 6. The van der Waals surface area contributed by atoms with E-state index in [2.05, 4.69) is 9.98 Å². The summed E-state index contributed by atoms with van der Waals surface area (Å²) in [6.07, 6.45) is 1.72. The summed E-state index contributed by atoms with van der Waals surface area (Å²) < 4.78 is 6.91. The van der Waals surface area contributed by atoms with Gasteiger partial charge in [-0.15, -0.1) is 11.3 Å². The number of aliphatic imine (C=N–C) groups is 1. The molecule has 0 aliphatic rings. The number of amidine groups is 1. The Balaban J connectivity index is 1.67. The quantitative estimate of drug-likeness (QED) is 0.559. The smallest absolute Gasteiger partial charge is 0.258 e. The number of hydrogen-bond donors (Lipinski definition) is 1. The van der Waals surface area contributed by atoms with Gasteiger partial charge < -0.3 is 10.5 Å². The van der Waals surface area contributed by atoms with Gasteiger partial charge in [-0.2, -0.15) is 0 Å². The van der Waals surface area contributed by atoms with Crippen LogP contribution in [-0.2, 0) is 5.75 Å². The van der Waals surface area contributed by atoms with Gasteiger partial charge in [0, 0.05) is 23.4 Å². The van der Waals surface area contributed by atoms with Gasteiger partial charge in [0.05, 0.1) is 18.0 Å². The zero-order chi connectivity index (χ0) is 16.9. The van der Waals surface area contributed by atoms with Crippen molar-refractivity contribution in [3.8, 4) is 5.75 Å². The number of thiazole rings is 1. The first-order chi connectivity index (χ1) is 11.7. The molecule has 2 heterocycles. The van der Waals surface area contributed by atoms with Crippen molar-refractivity contribution < 1.29 is 4.74 Å². The first-order valence-corrected chi connectivity index (χ1v) is 9.18. The lowest BCUT2D eigenvalue weighted by Gasteiger charge is -2.04. The number of rotatable bonds is 5. The van der Waals surface area contributed by atoms with Gasteiger partial charge in [0.25, 0.3) is 5.56 Å².